The first kappa shape index (κ1) is 16.4. The first-order valence-corrected chi connectivity index (χ1v) is 8.77. The number of nitrogens with one attached hydrogen (secondary N) is 1. The molecule has 1 aromatic carbocycles. The molecule has 0 bridgehead atoms. The maximum atomic E-state index is 3.64. The van der Waals surface area contributed by atoms with Crippen molar-refractivity contribution >= 4 is 5.69 Å². The number of hydrogen-bond donors (Lipinski definition) is 1. The van der Waals surface area contributed by atoms with Gasteiger partial charge in [0.1, 0.15) is 0 Å². The molecule has 2 nitrogen and oxygen atoms in total. The molecule has 0 spiro atoms. The minimum atomic E-state index is 0.497. The summed E-state index contributed by atoms with van der Waals surface area (Å²) >= 11 is 0. The third-order valence-corrected chi connectivity index (χ3v) is 5.05. The summed E-state index contributed by atoms with van der Waals surface area (Å²) in [7, 11) is 0. The molecule has 1 aliphatic rings. The second-order valence-corrected chi connectivity index (χ2v) is 6.56. The summed E-state index contributed by atoms with van der Waals surface area (Å²) in [6.45, 7) is 11.5. The highest BCUT2D eigenvalue weighted by molar-refractivity contribution is 5.49. The van der Waals surface area contributed by atoms with E-state index < -0.39 is 0 Å². The van der Waals surface area contributed by atoms with E-state index in [1.807, 2.05) is 0 Å². The summed E-state index contributed by atoms with van der Waals surface area (Å²) in [5.74, 6) is 0.799. The van der Waals surface area contributed by atoms with Crippen molar-refractivity contribution in [3.05, 3.63) is 29.8 Å². The molecule has 1 aliphatic heterocycles. The molecule has 3 unspecified atom stereocenters. The van der Waals surface area contributed by atoms with Crippen molar-refractivity contribution in [2.24, 2.45) is 5.92 Å². The first-order valence-electron chi connectivity index (χ1n) is 8.77. The van der Waals surface area contributed by atoms with Crippen molar-refractivity contribution in [3.8, 4) is 0 Å². The molecule has 0 radical (unpaired) electrons. The second-order valence-electron chi connectivity index (χ2n) is 6.56. The molecule has 1 saturated heterocycles. The lowest BCUT2D eigenvalue weighted by Crippen LogP contribution is -2.42. The fraction of sp³-hybridized carbons (Fsp3) is 0.684. The molecule has 2 heteroatoms. The lowest BCUT2D eigenvalue weighted by molar-refractivity contribution is 0.363. The van der Waals surface area contributed by atoms with Crippen LogP contribution in [0, 0.1) is 5.92 Å². The predicted octanol–water partition coefficient (Wildman–Crippen LogP) is 4.76. The van der Waals surface area contributed by atoms with Gasteiger partial charge in [0.25, 0.3) is 0 Å². The van der Waals surface area contributed by atoms with Gasteiger partial charge in [0.15, 0.2) is 0 Å². The van der Waals surface area contributed by atoms with Crippen molar-refractivity contribution in [2.75, 3.05) is 18.0 Å². The summed E-state index contributed by atoms with van der Waals surface area (Å²) in [6.07, 6.45) is 5.03. The zero-order valence-corrected chi connectivity index (χ0v) is 14.2. The third-order valence-electron chi connectivity index (χ3n) is 5.05. The number of benzene rings is 1. The number of anilines is 1. The van der Waals surface area contributed by atoms with Gasteiger partial charge in [0, 0.05) is 24.3 Å². The number of hydrogen-bond acceptors (Lipinski definition) is 2. The Morgan fingerprint density at radius 2 is 1.90 bits per heavy atom. The highest BCUT2D eigenvalue weighted by atomic mass is 15.2. The van der Waals surface area contributed by atoms with Gasteiger partial charge >= 0.3 is 0 Å². The Labute approximate surface area is 130 Å². The van der Waals surface area contributed by atoms with Gasteiger partial charge in [-0.15, -0.1) is 0 Å². The van der Waals surface area contributed by atoms with E-state index in [4.69, 9.17) is 0 Å². The Kier molecular flexibility index (Phi) is 6.10. The zero-order valence-electron chi connectivity index (χ0n) is 14.2. The van der Waals surface area contributed by atoms with Crippen LogP contribution in [-0.4, -0.2) is 19.1 Å². The van der Waals surface area contributed by atoms with E-state index in [-0.39, 0.29) is 0 Å². The summed E-state index contributed by atoms with van der Waals surface area (Å²) < 4.78 is 0. The van der Waals surface area contributed by atoms with Crippen LogP contribution >= 0.6 is 0 Å². The Hall–Kier alpha value is -1.02. The minimum Gasteiger partial charge on any atom is -0.369 e. The van der Waals surface area contributed by atoms with Crippen molar-refractivity contribution in [1.82, 2.24) is 5.32 Å². The van der Waals surface area contributed by atoms with E-state index in [1.165, 1.54) is 37.1 Å². The van der Waals surface area contributed by atoms with Gasteiger partial charge in [-0.05, 0) is 62.8 Å². The van der Waals surface area contributed by atoms with Gasteiger partial charge in [-0.3, -0.25) is 0 Å². The van der Waals surface area contributed by atoms with Gasteiger partial charge in [0.2, 0.25) is 0 Å². The average Bonchev–Trinajstić information content (AvgIpc) is 2.51. The van der Waals surface area contributed by atoms with Crippen LogP contribution in [0.4, 0.5) is 5.69 Å². The molecule has 1 aromatic rings. The van der Waals surface area contributed by atoms with Crippen molar-refractivity contribution < 1.29 is 0 Å². The molecule has 2 rings (SSSR count). The second kappa shape index (κ2) is 7.84. The van der Waals surface area contributed by atoms with E-state index in [0.717, 1.165) is 18.9 Å². The monoisotopic (exact) mass is 288 g/mol. The lowest BCUT2D eigenvalue weighted by Gasteiger charge is -2.39. The smallest absolute Gasteiger partial charge is 0.0368 e. The van der Waals surface area contributed by atoms with E-state index >= 15 is 0 Å². The molecule has 21 heavy (non-hydrogen) atoms. The van der Waals surface area contributed by atoms with Gasteiger partial charge in [-0.1, -0.05) is 32.9 Å². The van der Waals surface area contributed by atoms with Crippen molar-refractivity contribution in [3.63, 3.8) is 0 Å². The van der Waals surface area contributed by atoms with Crippen molar-refractivity contribution in [1.29, 1.82) is 0 Å². The maximum absolute atomic E-state index is 3.64. The zero-order chi connectivity index (χ0) is 15.2. The molecule has 3 atom stereocenters. The summed E-state index contributed by atoms with van der Waals surface area (Å²) in [5, 5.41) is 3.64. The highest BCUT2D eigenvalue weighted by Crippen LogP contribution is 2.29. The number of nitrogens with zero attached hydrogens (tertiary/aromatic N) is 1. The van der Waals surface area contributed by atoms with Crippen LogP contribution in [0.15, 0.2) is 24.3 Å². The fourth-order valence-corrected chi connectivity index (χ4v) is 3.41. The van der Waals surface area contributed by atoms with Crippen LogP contribution in [0.3, 0.4) is 0 Å². The van der Waals surface area contributed by atoms with E-state index in [2.05, 4.69) is 62.2 Å². The molecular formula is C19H32N2. The maximum Gasteiger partial charge on any atom is 0.0368 e. The average molecular weight is 288 g/mol. The van der Waals surface area contributed by atoms with Crippen LogP contribution in [0.5, 0.6) is 0 Å². The lowest BCUT2D eigenvalue weighted by atomic mass is 9.91. The molecule has 0 aromatic heterocycles. The summed E-state index contributed by atoms with van der Waals surface area (Å²) in [5.41, 5.74) is 2.82. The van der Waals surface area contributed by atoms with Gasteiger partial charge in [-0.25, -0.2) is 0 Å². The van der Waals surface area contributed by atoms with Gasteiger partial charge < -0.3 is 10.2 Å². The fourth-order valence-electron chi connectivity index (χ4n) is 3.41. The normalized spacial score (nSPS) is 24.1. The van der Waals surface area contributed by atoms with E-state index in [1.54, 1.807) is 0 Å². The Balaban J connectivity index is 2.07. The van der Waals surface area contributed by atoms with Crippen LogP contribution in [0.1, 0.15) is 65.0 Å². The standard InChI is InChI=1S/C19H32N2/c1-5-13-20-19(6-2)17-9-11-18(12-10-17)21-14-7-8-15(3)16(21)4/h9-12,15-16,19-20H,5-8,13-14H2,1-4H3. The third kappa shape index (κ3) is 4.00. The Morgan fingerprint density at radius 3 is 2.52 bits per heavy atom. The number of piperidine rings is 1. The van der Waals surface area contributed by atoms with E-state index in [0.29, 0.717) is 12.1 Å². The molecule has 0 saturated carbocycles. The summed E-state index contributed by atoms with van der Waals surface area (Å²) in [6, 6.07) is 10.4. The topological polar surface area (TPSA) is 15.3 Å². The van der Waals surface area contributed by atoms with Crippen LogP contribution in [0.25, 0.3) is 0 Å². The van der Waals surface area contributed by atoms with Crippen LogP contribution in [-0.2, 0) is 0 Å². The largest absolute Gasteiger partial charge is 0.369 e. The van der Waals surface area contributed by atoms with Crippen molar-refractivity contribution in [2.45, 2.75) is 65.5 Å². The Bertz CT molecular complexity index is 412. The molecule has 1 fully saturated rings. The van der Waals surface area contributed by atoms with E-state index in [9.17, 15) is 0 Å². The molecule has 0 amide bonds. The predicted molar refractivity (Wildman–Crippen MR) is 93.0 cm³/mol. The number of rotatable bonds is 6. The Morgan fingerprint density at radius 1 is 1.19 bits per heavy atom. The first-order chi connectivity index (χ1) is 10.2. The van der Waals surface area contributed by atoms with Crippen LogP contribution in [0.2, 0.25) is 0 Å². The molecular weight excluding hydrogens is 256 g/mol. The molecule has 1 N–H and O–H groups in total. The summed E-state index contributed by atoms with van der Waals surface area (Å²) in [4.78, 5) is 2.58. The molecule has 1 heterocycles. The quantitative estimate of drug-likeness (QED) is 0.811. The van der Waals surface area contributed by atoms with Gasteiger partial charge in [-0.2, -0.15) is 0 Å². The minimum absolute atomic E-state index is 0.497. The van der Waals surface area contributed by atoms with Crippen LogP contribution < -0.4 is 10.2 Å². The SMILES string of the molecule is CCCNC(CC)c1ccc(N2CCCC(C)C2C)cc1. The molecule has 118 valence electrons. The van der Waals surface area contributed by atoms with Gasteiger partial charge in [0.05, 0.1) is 0 Å². The molecule has 0 aliphatic carbocycles. The highest BCUT2D eigenvalue weighted by Gasteiger charge is 2.24.